The lowest BCUT2D eigenvalue weighted by Gasteiger charge is -2.33. The van der Waals surface area contributed by atoms with Gasteiger partial charge in [0.15, 0.2) is 0 Å². The van der Waals surface area contributed by atoms with E-state index in [0.717, 1.165) is 11.1 Å². The van der Waals surface area contributed by atoms with Crippen molar-refractivity contribution in [2.75, 3.05) is 27.2 Å². The predicted octanol–water partition coefficient (Wildman–Crippen LogP) is 1.73. The number of unbranched alkanes of at least 4 members (excludes halogenated alkanes) is 9. The van der Waals surface area contributed by atoms with E-state index in [2.05, 4.69) is 27.9 Å². The van der Waals surface area contributed by atoms with Crippen molar-refractivity contribution < 1.29 is 21.6 Å². The number of rotatable bonds is 12. The van der Waals surface area contributed by atoms with Crippen LogP contribution in [0.3, 0.4) is 0 Å². The first-order chi connectivity index (χ1) is 9.02. The molecule has 0 spiro atoms. The molecule has 1 rings (SSSR count). The fourth-order valence-corrected chi connectivity index (χ4v) is 2.68. The predicted molar refractivity (Wildman–Crippen MR) is 83.2 cm³/mol. The molecule has 1 saturated heterocycles. The highest BCUT2D eigenvalue weighted by Crippen LogP contribution is 2.34. The van der Waals surface area contributed by atoms with Gasteiger partial charge in [0.05, 0.1) is 20.6 Å². The zero-order chi connectivity index (χ0) is 14.2. The molecule has 0 aliphatic carbocycles. The van der Waals surface area contributed by atoms with Crippen LogP contribution in [-0.2, 0) is 4.74 Å². The van der Waals surface area contributed by atoms with Crippen LogP contribution in [0, 0.1) is 0 Å². The highest BCUT2D eigenvalue weighted by molar-refractivity contribution is 4.75. The van der Waals surface area contributed by atoms with E-state index in [0.29, 0.717) is 0 Å². The number of hydrogen-bond donors (Lipinski definition) is 0. The van der Waals surface area contributed by atoms with Crippen molar-refractivity contribution in [3.63, 3.8) is 0 Å². The number of nitrogens with zero attached hydrogens (tertiary/aromatic N) is 1. The van der Waals surface area contributed by atoms with Gasteiger partial charge in [-0.05, 0) is 12.8 Å². The van der Waals surface area contributed by atoms with Gasteiger partial charge in [0, 0.05) is 6.92 Å². The Balaban J connectivity index is 0.00000361. The molecule has 1 aliphatic heterocycles. The Bertz CT molecular complexity index is 239. The second-order valence-electron chi connectivity index (χ2n) is 7.05. The monoisotopic (exact) mass is 305 g/mol. The summed E-state index contributed by atoms with van der Waals surface area (Å²) in [5.74, 6) is 0. The molecule has 0 saturated carbocycles. The van der Waals surface area contributed by atoms with Crippen molar-refractivity contribution in [2.45, 2.75) is 83.8 Å². The zero-order valence-corrected chi connectivity index (χ0v) is 15.0. The van der Waals surface area contributed by atoms with Crippen LogP contribution in [0.4, 0.5) is 0 Å². The lowest BCUT2D eigenvalue weighted by atomic mass is 10.1. The maximum absolute atomic E-state index is 5.58. The van der Waals surface area contributed by atoms with Crippen molar-refractivity contribution in [3.8, 4) is 0 Å². The first kappa shape index (κ1) is 20.2. The minimum absolute atomic E-state index is 0. The smallest absolute Gasteiger partial charge is 0.224 e. The summed E-state index contributed by atoms with van der Waals surface area (Å²) in [5, 5.41) is 0. The largest absolute Gasteiger partial charge is 1.00 e. The Morgan fingerprint density at radius 3 is 1.65 bits per heavy atom. The van der Waals surface area contributed by atoms with Crippen LogP contribution in [0.1, 0.15) is 78.1 Å². The molecule has 3 heteroatoms. The van der Waals surface area contributed by atoms with Gasteiger partial charge in [-0.25, -0.2) is 0 Å². The fourth-order valence-electron chi connectivity index (χ4n) is 2.68. The summed E-state index contributed by atoms with van der Waals surface area (Å²) < 4.78 is 6.61. The molecule has 20 heavy (non-hydrogen) atoms. The van der Waals surface area contributed by atoms with E-state index >= 15 is 0 Å². The second-order valence-corrected chi connectivity index (χ2v) is 7.05. The summed E-state index contributed by atoms with van der Waals surface area (Å²) in [6, 6.07) is 0. The molecule has 0 aromatic carbocycles. The summed E-state index contributed by atoms with van der Waals surface area (Å²) in [7, 11) is 4.61. The van der Waals surface area contributed by atoms with Crippen molar-refractivity contribution in [2.24, 2.45) is 0 Å². The Morgan fingerprint density at radius 1 is 0.850 bits per heavy atom. The van der Waals surface area contributed by atoms with Crippen LogP contribution in [0.25, 0.3) is 0 Å². The molecule has 0 aromatic rings. The molecular formula is C17H36ClNO. The first-order valence-electron chi connectivity index (χ1n) is 8.49. The van der Waals surface area contributed by atoms with E-state index in [1.807, 2.05) is 0 Å². The van der Waals surface area contributed by atoms with Crippen LogP contribution in [0.15, 0.2) is 0 Å². The molecule has 0 aromatic heterocycles. The van der Waals surface area contributed by atoms with Gasteiger partial charge in [0.25, 0.3) is 0 Å². The average molecular weight is 306 g/mol. The molecule has 1 unspecified atom stereocenters. The molecule has 1 atom stereocenters. The van der Waals surface area contributed by atoms with Crippen molar-refractivity contribution >= 4 is 0 Å². The summed E-state index contributed by atoms with van der Waals surface area (Å²) in [5.41, 5.74) is 0.124. The molecule has 2 nitrogen and oxygen atoms in total. The maximum atomic E-state index is 5.58. The van der Waals surface area contributed by atoms with E-state index in [1.54, 1.807) is 0 Å². The quantitative estimate of drug-likeness (QED) is 0.304. The molecule has 122 valence electrons. The Hall–Kier alpha value is 0.210. The van der Waals surface area contributed by atoms with Gasteiger partial charge in [-0.2, -0.15) is 0 Å². The van der Waals surface area contributed by atoms with Crippen LogP contribution in [-0.4, -0.2) is 37.5 Å². The van der Waals surface area contributed by atoms with Crippen LogP contribution in [0.2, 0.25) is 0 Å². The number of hydrogen-bond acceptors (Lipinski definition) is 1. The number of epoxide rings is 1. The number of likely N-dealkylation sites (N-methyl/N-ethyl adjacent to an activating group) is 1. The minimum atomic E-state index is 0. The van der Waals surface area contributed by atoms with E-state index in [-0.39, 0.29) is 18.1 Å². The van der Waals surface area contributed by atoms with E-state index in [9.17, 15) is 0 Å². The average Bonchev–Trinajstić information content (AvgIpc) is 3.11. The standard InChI is InChI=1S/C17H36NO.ClH/c1-5-6-7-8-9-10-11-12-13-14-15-18(3,4)17(2)16-19-17;/h5-16H2,1-4H3;1H/q+1;/p-1. The Labute approximate surface area is 133 Å². The molecule has 0 N–H and O–H groups in total. The van der Waals surface area contributed by atoms with E-state index in [1.165, 1.54) is 70.8 Å². The highest BCUT2D eigenvalue weighted by atomic mass is 35.5. The molecular weight excluding hydrogens is 270 g/mol. The third kappa shape index (κ3) is 7.28. The van der Waals surface area contributed by atoms with Gasteiger partial charge < -0.3 is 17.1 Å². The lowest BCUT2D eigenvalue weighted by molar-refractivity contribution is -0.935. The SMILES string of the molecule is CCCCCCCCCCCC[N+](C)(C)C1(C)CO1.[Cl-]. The first-order valence-corrected chi connectivity index (χ1v) is 8.49. The molecule has 0 radical (unpaired) electrons. The number of ether oxygens (including phenoxy) is 1. The van der Waals surface area contributed by atoms with E-state index in [4.69, 9.17) is 4.74 Å². The summed E-state index contributed by atoms with van der Waals surface area (Å²) in [4.78, 5) is 0. The molecule has 1 aliphatic rings. The van der Waals surface area contributed by atoms with E-state index < -0.39 is 0 Å². The van der Waals surface area contributed by atoms with Gasteiger partial charge >= 0.3 is 0 Å². The summed E-state index contributed by atoms with van der Waals surface area (Å²) in [6.07, 6.45) is 14.2. The highest BCUT2D eigenvalue weighted by Gasteiger charge is 2.53. The molecule has 1 fully saturated rings. The van der Waals surface area contributed by atoms with Gasteiger partial charge in [-0.1, -0.05) is 58.3 Å². The fraction of sp³-hybridized carbons (Fsp3) is 1.00. The van der Waals surface area contributed by atoms with Gasteiger partial charge in [0.1, 0.15) is 6.61 Å². The Kier molecular flexibility index (Phi) is 10.1. The number of quaternary nitrogens is 1. The third-order valence-electron chi connectivity index (χ3n) is 4.91. The molecule has 0 amide bonds. The zero-order valence-electron chi connectivity index (χ0n) is 14.2. The Morgan fingerprint density at radius 2 is 1.25 bits per heavy atom. The third-order valence-corrected chi connectivity index (χ3v) is 4.91. The second kappa shape index (κ2) is 10.0. The summed E-state index contributed by atoms with van der Waals surface area (Å²) in [6.45, 7) is 6.72. The van der Waals surface area contributed by atoms with Gasteiger partial charge in [-0.3, -0.25) is 4.48 Å². The number of halogens is 1. The van der Waals surface area contributed by atoms with Crippen LogP contribution >= 0.6 is 0 Å². The van der Waals surface area contributed by atoms with Gasteiger partial charge in [0.2, 0.25) is 5.72 Å². The van der Waals surface area contributed by atoms with Crippen LogP contribution < -0.4 is 12.4 Å². The lowest BCUT2D eigenvalue weighted by Crippen LogP contribution is -3.00. The molecule has 0 bridgehead atoms. The van der Waals surface area contributed by atoms with Crippen LogP contribution in [0.5, 0.6) is 0 Å². The minimum Gasteiger partial charge on any atom is -1.00 e. The normalized spacial score (nSPS) is 21.6. The topological polar surface area (TPSA) is 12.5 Å². The van der Waals surface area contributed by atoms with Crippen molar-refractivity contribution in [1.82, 2.24) is 0 Å². The maximum Gasteiger partial charge on any atom is 0.224 e. The summed E-state index contributed by atoms with van der Waals surface area (Å²) >= 11 is 0. The molecule has 1 heterocycles. The van der Waals surface area contributed by atoms with Crippen molar-refractivity contribution in [1.29, 1.82) is 0 Å². The van der Waals surface area contributed by atoms with Crippen molar-refractivity contribution in [3.05, 3.63) is 0 Å². The van der Waals surface area contributed by atoms with Gasteiger partial charge in [-0.15, -0.1) is 0 Å².